The molecule has 0 saturated carbocycles. The van der Waals surface area contributed by atoms with Gasteiger partial charge >= 0.3 is 0 Å². The standard InChI is InChI=1S/C28H32O2S/c1-4-6-7-13-22-17-23(30-5-2)26(21-14-10-11-19(3)16-21)28(29)27(22)25-18-20-12-8-9-15-24(20)31-25/h5,8-9,12,15-18,21,29H,2,4,6-7,10-11,13-14H2,1,3H3/t21-/m0/s1. The van der Waals surface area contributed by atoms with Crippen LogP contribution in [0.15, 0.2) is 60.9 Å². The lowest BCUT2D eigenvalue weighted by atomic mass is 9.83. The maximum atomic E-state index is 11.7. The number of fused-ring (bicyclic) bond motifs is 1. The van der Waals surface area contributed by atoms with E-state index in [0.29, 0.717) is 5.75 Å². The molecule has 31 heavy (non-hydrogen) atoms. The first kappa shape index (κ1) is 21.7. The summed E-state index contributed by atoms with van der Waals surface area (Å²) in [4.78, 5) is 1.13. The molecule has 4 rings (SSSR count). The highest BCUT2D eigenvalue weighted by Crippen LogP contribution is 2.49. The van der Waals surface area contributed by atoms with Crippen molar-refractivity contribution in [2.45, 2.75) is 64.7 Å². The number of allylic oxidation sites excluding steroid dienone is 2. The van der Waals surface area contributed by atoms with Crippen molar-refractivity contribution in [1.82, 2.24) is 0 Å². The summed E-state index contributed by atoms with van der Waals surface area (Å²) in [7, 11) is 0. The fourth-order valence-electron chi connectivity index (χ4n) is 4.74. The zero-order valence-corrected chi connectivity index (χ0v) is 19.4. The van der Waals surface area contributed by atoms with Gasteiger partial charge in [-0.05, 0) is 68.2 Å². The van der Waals surface area contributed by atoms with Crippen molar-refractivity contribution in [2.24, 2.45) is 0 Å². The van der Waals surface area contributed by atoms with E-state index >= 15 is 0 Å². The highest BCUT2D eigenvalue weighted by atomic mass is 32.1. The molecule has 0 saturated heterocycles. The van der Waals surface area contributed by atoms with E-state index in [1.54, 1.807) is 11.3 Å². The van der Waals surface area contributed by atoms with E-state index in [-0.39, 0.29) is 5.92 Å². The maximum Gasteiger partial charge on any atom is 0.134 e. The number of aromatic hydroxyl groups is 1. The topological polar surface area (TPSA) is 29.5 Å². The van der Waals surface area contributed by atoms with Crippen LogP contribution < -0.4 is 4.74 Å². The van der Waals surface area contributed by atoms with Crippen LogP contribution in [0.5, 0.6) is 11.5 Å². The summed E-state index contributed by atoms with van der Waals surface area (Å²) in [5.74, 6) is 1.30. The molecule has 1 atom stereocenters. The van der Waals surface area contributed by atoms with Crippen molar-refractivity contribution in [3.05, 3.63) is 72.0 Å². The summed E-state index contributed by atoms with van der Waals surface area (Å²) in [6.07, 6.45) is 11.5. The van der Waals surface area contributed by atoms with Gasteiger partial charge in [0, 0.05) is 26.6 Å². The summed E-state index contributed by atoms with van der Waals surface area (Å²) in [6, 6.07) is 12.8. The molecule has 1 N–H and O–H groups in total. The monoisotopic (exact) mass is 432 g/mol. The molecule has 0 unspecified atom stereocenters. The van der Waals surface area contributed by atoms with Crippen molar-refractivity contribution < 1.29 is 9.84 Å². The lowest BCUT2D eigenvalue weighted by molar-refractivity contribution is 0.434. The Labute approximate surface area is 189 Å². The van der Waals surface area contributed by atoms with Gasteiger partial charge in [-0.25, -0.2) is 0 Å². The number of hydrogen-bond donors (Lipinski definition) is 1. The van der Waals surface area contributed by atoms with Crippen molar-refractivity contribution in [2.75, 3.05) is 0 Å². The average Bonchev–Trinajstić information content (AvgIpc) is 3.18. The van der Waals surface area contributed by atoms with Crippen LogP contribution in [0, 0.1) is 0 Å². The van der Waals surface area contributed by atoms with E-state index in [4.69, 9.17) is 4.74 Å². The first-order chi connectivity index (χ1) is 15.1. The Bertz CT molecular complexity index is 1070. The third-order valence-corrected chi connectivity index (χ3v) is 7.39. The molecule has 0 fully saturated rings. The van der Waals surface area contributed by atoms with Gasteiger partial charge in [-0.2, -0.15) is 0 Å². The largest absolute Gasteiger partial charge is 0.507 e. The first-order valence-corrected chi connectivity index (χ1v) is 12.3. The molecule has 0 aliphatic heterocycles. The van der Waals surface area contributed by atoms with Gasteiger partial charge in [-0.15, -0.1) is 11.3 Å². The van der Waals surface area contributed by atoms with Crippen LogP contribution in [-0.4, -0.2) is 5.11 Å². The van der Waals surface area contributed by atoms with Crippen LogP contribution in [0.2, 0.25) is 0 Å². The predicted molar refractivity (Wildman–Crippen MR) is 133 cm³/mol. The number of ether oxygens (including phenoxy) is 1. The summed E-state index contributed by atoms with van der Waals surface area (Å²) in [5, 5.41) is 12.9. The van der Waals surface area contributed by atoms with Gasteiger partial charge < -0.3 is 9.84 Å². The second-order valence-corrected chi connectivity index (χ2v) is 9.66. The summed E-state index contributed by atoms with van der Waals surface area (Å²) in [6.45, 7) is 8.19. The molecule has 2 nitrogen and oxygen atoms in total. The Kier molecular flexibility index (Phi) is 6.82. The minimum Gasteiger partial charge on any atom is -0.507 e. The van der Waals surface area contributed by atoms with Crippen molar-refractivity contribution in [1.29, 1.82) is 0 Å². The average molecular weight is 433 g/mol. The molecule has 0 radical (unpaired) electrons. The number of rotatable bonds is 8. The van der Waals surface area contributed by atoms with Crippen LogP contribution >= 0.6 is 11.3 Å². The van der Waals surface area contributed by atoms with Crippen LogP contribution in [0.1, 0.15) is 69.4 Å². The molecule has 162 valence electrons. The summed E-state index contributed by atoms with van der Waals surface area (Å²) in [5.41, 5.74) is 4.44. The van der Waals surface area contributed by atoms with E-state index in [1.165, 1.54) is 34.8 Å². The zero-order valence-electron chi connectivity index (χ0n) is 18.6. The Balaban J connectivity index is 1.92. The number of thiophene rings is 1. The Morgan fingerprint density at radius 1 is 1.23 bits per heavy atom. The van der Waals surface area contributed by atoms with E-state index in [2.05, 4.69) is 62.9 Å². The highest BCUT2D eigenvalue weighted by Gasteiger charge is 2.27. The number of benzene rings is 2. The third kappa shape index (κ3) is 4.57. The normalized spacial score (nSPS) is 16.3. The SMILES string of the molecule is C=COc1cc(CCCCC)c(-c2cc3ccccc3s2)c(O)c1[C@@H]1C=C(C)CCC1. The number of hydrogen-bond acceptors (Lipinski definition) is 3. The quantitative estimate of drug-likeness (QED) is 0.219. The summed E-state index contributed by atoms with van der Waals surface area (Å²) >= 11 is 1.76. The Morgan fingerprint density at radius 3 is 2.81 bits per heavy atom. The number of phenolic OH excluding ortho intramolecular Hbond substituents is 1. The second kappa shape index (κ2) is 9.74. The smallest absolute Gasteiger partial charge is 0.134 e. The van der Waals surface area contributed by atoms with Gasteiger partial charge in [0.25, 0.3) is 0 Å². The number of aryl methyl sites for hydroxylation is 1. The molecule has 0 amide bonds. The van der Waals surface area contributed by atoms with E-state index in [1.807, 2.05) is 0 Å². The van der Waals surface area contributed by atoms with E-state index in [9.17, 15) is 5.11 Å². The second-order valence-electron chi connectivity index (χ2n) is 8.57. The fourth-order valence-corrected chi connectivity index (χ4v) is 5.88. The minimum atomic E-state index is 0.168. The fraction of sp³-hybridized carbons (Fsp3) is 0.357. The molecule has 1 aliphatic carbocycles. The first-order valence-electron chi connectivity index (χ1n) is 11.4. The lowest BCUT2D eigenvalue weighted by Crippen LogP contribution is -2.06. The van der Waals surface area contributed by atoms with Gasteiger partial charge in [-0.3, -0.25) is 0 Å². The Hall–Kier alpha value is -2.52. The zero-order chi connectivity index (χ0) is 21.8. The molecule has 0 spiro atoms. The molecule has 3 heteroatoms. The van der Waals surface area contributed by atoms with Gasteiger partial charge in [0.05, 0.1) is 6.26 Å². The third-order valence-electron chi connectivity index (χ3n) is 6.26. The van der Waals surface area contributed by atoms with E-state index in [0.717, 1.165) is 59.4 Å². The van der Waals surface area contributed by atoms with Gasteiger partial charge in [0.15, 0.2) is 0 Å². The summed E-state index contributed by atoms with van der Waals surface area (Å²) < 4.78 is 7.13. The van der Waals surface area contributed by atoms with Gasteiger partial charge in [-0.1, -0.05) is 56.2 Å². The van der Waals surface area contributed by atoms with E-state index < -0.39 is 0 Å². The van der Waals surface area contributed by atoms with Crippen LogP contribution in [-0.2, 0) is 6.42 Å². The lowest BCUT2D eigenvalue weighted by Gasteiger charge is -2.25. The molecular formula is C28H32O2S. The molecule has 1 aromatic heterocycles. The van der Waals surface area contributed by atoms with Crippen molar-refractivity contribution in [3.63, 3.8) is 0 Å². The minimum absolute atomic E-state index is 0.168. The molecule has 2 aromatic carbocycles. The van der Waals surface area contributed by atoms with Gasteiger partial charge in [0.1, 0.15) is 11.5 Å². The molecule has 0 bridgehead atoms. The molecule has 1 aliphatic rings. The molecule has 1 heterocycles. The Morgan fingerprint density at radius 2 is 2.06 bits per heavy atom. The predicted octanol–water partition coefficient (Wildman–Crippen LogP) is 8.74. The molecule has 3 aromatic rings. The number of unbranched alkanes of at least 4 members (excludes halogenated alkanes) is 2. The van der Waals surface area contributed by atoms with Crippen LogP contribution in [0.4, 0.5) is 0 Å². The van der Waals surface area contributed by atoms with Crippen molar-refractivity contribution in [3.8, 4) is 21.9 Å². The van der Waals surface area contributed by atoms with Gasteiger partial charge in [0.2, 0.25) is 0 Å². The molecular weight excluding hydrogens is 400 g/mol. The highest BCUT2D eigenvalue weighted by molar-refractivity contribution is 7.22. The maximum absolute atomic E-state index is 11.7. The van der Waals surface area contributed by atoms with Crippen LogP contribution in [0.25, 0.3) is 20.5 Å². The number of phenols is 1. The van der Waals surface area contributed by atoms with Crippen LogP contribution in [0.3, 0.4) is 0 Å². The van der Waals surface area contributed by atoms with Crippen molar-refractivity contribution >= 4 is 21.4 Å².